The molecule has 0 aliphatic heterocycles. The van der Waals surface area contributed by atoms with Crippen LogP contribution in [0.25, 0.3) is 0 Å². The minimum atomic E-state index is -1.40. The summed E-state index contributed by atoms with van der Waals surface area (Å²) in [6.45, 7) is 3.17. The maximum Gasteiger partial charge on any atom is 0.516 e. The molecule has 7 heteroatoms. The summed E-state index contributed by atoms with van der Waals surface area (Å²) in [6, 6.07) is -1.40. The highest BCUT2D eigenvalue weighted by Gasteiger charge is 2.19. The lowest BCUT2D eigenvalue weighted by atomic mass is 10.2. The monoisotopic (exact) mass is 217 g/mol. The molecule has 0 radical (unpaired) electrons. The van der Waals surface area contributed by atoms with Crippen molar-refractivity contribution in [2.75, 3.05) is 6.61 Å². The van der Waals surface area contributed by atoms with Crippen LogP contribution in [0.1, 0.15) is 6.42 Å². The molecule has 0 spiro atoms. The third-order valence-corrected chi connectivity index (χ3v) is 1.22. The van der Waals surface area contributed by atoms with E-state index in [1.54, 1.807) is 0 Å². The van der Waals surface area contributed by atoms with E-state index in [1.165, 1.54) is 6.08 Å². The lowest BCUT2D eigenvalue weighted by Crippen LogP contribution is -2.33. The molecule has 0 bridgehead atoms. The molecule has 1 atom stereocenters. The maximum absolute atomic E-state index is 10.8. The maximum atomic E-state index is 10.8. The van der Waals surface area contributed by atoms with E-state index in [4.69, 9.17) is 10.8 Å². The van der Waals surface area contributed by atoms with Crippen molar-refractivity contribution in [3.63, 3.8) is 0 Å². The Bertz CT molecular complexity index is 274. The van der Waals surface area contributed by atoms with Gasteiger partial charge in [-0.25, -0.2) is 4.79 Å². The smallest absolute Gasteiger partial charge is 0.480 e. The van der Waals surface area contributed by atoms with E-state index < -0.39 is 30.6 Å². The molecule has 0 saturated heterocycles. The fourth-order valence-corrected chi connectivity index (χ4v) is 0.558. The quantitative estimate of drug-likeness (QED) is 0.367. The molecular weight excluding hydrogens is 206 g/mol. The van der Waals surface area contributed by atoms with Crippen molar-refractivity contribution < 1.29 is 29.0 Å². The van der Waals surface area contributed by atoms with E-state index in [-0.39, 0.29) is 6.61 Å². The van der Waals surface area contributed by atoms with Crippen LogP contribution in [0.15, 0.2) is 12.7 Å². The average molecular weight is 217 g/mol. The lowest BCUT2D eigenvalue weighted by Gasteiger charge is -2.05. The van der Waals surface area contributed by atoms with Gasteiger partial charge in [-0.3, -0.25) is 9.59 Å². The molecule has 84 valence electrons. The zero-order chi connectivity index (χ0) is 11.8. The van der Waals surface area contributed by atoms with Crippen molar-refractivity contribution in [2.24, 2.45) is 5.73 Å². The van der Waals surface area contributed by atoms with E-state index >= 15 is 0 Å². The van der Waals surface area contributed by atoms with Crippen LogP contribution < -0.4 is 5.73 Å². The number of hydrogen-bond acceptors (Lipinski definition) is 6. The largest absolute Gasteiger partial charge is 0.516 e. The van der Waals surface area contributed by atoms with Crippen LogP contribution in [0.4, 0.5) is 4.79 Å². The van der Waals surface area contributed by atoms with Crippen LogP contribution in [-0.4, -0.2) is 35.8 Å². The van der Waals surface area contributed by atoms with Crippen LogP contribution in [0.2, 0.25) is 0 Å². The predicted octanol–water partition coefficient (Wildman–Crippen LogP) is -0.346. The first-order valence-electron chi connectivity index (χ1n) is 3.94. The number of carboxylic acids is 1. The number of carboxylic acid groups (broad SMARTS) is 1. The molecule has 15 heavy (non-hydrogen) atoms. The molecule has 0 aromatic rings. The van der Waals surface area contributed by atoms with E-state index in [0.29, 0.717) is 0 Å². The summed E-state index contributed by atoms with van der Waals surface area (Å²) in [5, 5.41) is 8.34. The molecule has 3 N–H and O–H groups in total. The fraction of sp³-hybridized carbons (Fsp3) is 0.375. The Hall–Kier alpha value is -1.89. The number of carbonyl (C=O) groups excluding carboxylic acids is 2. The molecule has 0 aliphatic rings. The van der Waals surface area contributed by atoms with Gasteiger partial charge in [-0.05, 0) is 0 Å². The molecule has 0 aliphatic carbocycles. The summed E-state index contributed by atoms with van der Waals surface area (Å²) >= 11 is 0. The standard InChI is InChI=1S/C8H11NO6/c1-2-3-14-8(13)15-6(10)4-5(9)7(11)12/h2,5H,1,3-4,9H2,(H,11,12)/t5-/m0/s1. The van der Waals surface area contributed by atoms with E-state index in [9.17, 15) is 14.4 Å². The van der Waals surface area contributed by atoms with Crippen LogP contribution in [-0.2, 0) is 19.1 Å². The zero-order valence-corrected chi connectivity index (χ0v) is 7.84. The van der Waals surface area contributed by atoms with Gasteiger partial charge in [-0.15, -0.1) is 0 Å². The molecule has 0 unspecified atom stereocenters. The van der Waals surface area contributed by atoms with Gasteiger partial charge in [0.25, 0.3) is 0 Å². The Balaban J connectivity index is 3.88. The molecule has 0 fully saturated rings. The predicted molar refractivity (Wildman–Crippen MR) is 47.9 cm³/mol. The molecule has 0 aromatic carbocycles. The van der Waals surface area contributed by atoms with Crippen molar-refractivity contribution in [3.05, 3.63) is 12.7 Å². The van der Waals surface area contributed by atoms with E-state index in [0.717, 1.165) is 0 Å². The summed E-state index contributed by atoms with van der Waals surface area (Å²) in [5.74, 6) is -2.41. The first-order chi connectivity index (χ1) is 6.97. The molecule has 0 amide bonds. The minimum absolute atomic E-state index is 0.100. The van der Waals surface area contributed by atoms with Gasteiger partial charge >= 0.3 is 18.1 Å². The first kappa shape index (κ1) is 13.1. The number of nitrogens with two attached hydrogens (primary N) is 1. The highest BCUT2D eigenvalue weighted by atomic mass is 16.7. The summed E-state index contributed by atoms with van der Waals surface area (Å²) in [5.41, 5.74) is 5.02. The van der Waals surface area contributed by atoms with Crippen molar-refractivity contribution >= 4 is 18.1 Å². The lowest BCUT2D eigenvalue weighted by molar-refractivity contribution is -0.146. The average Bonchev–Trinajstić information content (AvgIpc) is 2.14. The SMILES string of the molecule is C=CCOC(=O)OC(=O)C[C@H](N)C(=O)O. The summed E-state index contributed by atoms with van der Waals surface area (Å²) < 4.78 is 8.40. The molecular formula is C8H11NO6. The van der Waals surface area contributed by atoms with E-state index in [2.05, 4.69) is 16.1 Å². The van der Waals surface area contributed by atoms with Crippen LogP contribution in [0.5, 0.6) is 0 Å². The number of rotatable bonds is 5. The Morgan fingerprint density at radius 1 is 1.47 bits per heavy atom. The number of carbonyl (C=O) groups is 3. The summed E-state index contributed by atoms with van der Waals surface area (Å²) in [4.78, 5) is 31.7. The minimum Gasteiger partial charge on any atom is -0.480 e. The van der Waals surface area contributed by atoms with Crippen molar-refractivity contribution in [1.29, 1.82) is 0 Å². The zero-order valence-electron chi connectivity index (χ0n) is 7.84. The highest BCUT2D eigenvalue weighted by molar-refractivity contribution is 5.86. The third kappa shape index (κ3) is 6.22. The van der Waals surface area contributed by atoms with Crippen LogP contribution >= 0.6 is 0 Å². The van der Waals surface area contributed by atoms with Crippen molar-refractivity contribution in [2.45, 2.75) is 12.5 Å². The second kappa shape index (κ2) is 6.55. The highest BCUT2D eigenvalue weighted by Crippen LogP contribution is 1.95. The van der Waals surface area contributed by atoms with Gasteiger partial charge in [-0.1, -0.05) is 12.7 Å². The topological polar surface area (TPSA) is 116 Å². The Kier molecular flexibility index (Phi) is 5.72. The van der Waals surface area contributed by atoms with Gasteiger partial charge in [0.2, 0.25) is 0 Å². The Labute approximate surface area is 85.5 Å². The van der Waals surface area contributed by atoms with Gasteiger partial charge in [0.1, 0.15) is 12.6 Å². The normalized spacial score (nSPS) is 11.3. The third-order valence-electron chi connectivity index (χ3n) is 1.22. The summed E-state index contributed by atoms with van der Waals surface area (Å²) in [7, 11) is 0. The second-order valence-corrected chi connectivity index (χ2v) is 2.47. The van der Waals surface area contributed by atoms with Crippen LogP contribution in [0.3, 0.4) is 0 Å². The molecule has 7 nitrogen and oxygen atoms in total. The molecule has 0 aromatic heterocycles. The Morgan fingerprint density at radius 3 is 2.53 bits per heavy atom. The number of aliphatic carboxylic acids is 1. The van der Waals surface area contributed by atoms with Gasteiger partial charge in [0.05, 0.1) is 6.42 Å². The summed E-state index contributed by atoms with van der Waals surface area (Å²) in [6.07, 6.45) is -0.523. The van der Waals surface area contributed by atoms with Crippen LogP contribution in [0, 0.1) is 0 Å². The first-order valence-corrected chi connectivity index (χ1v) is 3.94. The molecule has 0 heterocycles. The molecule has 0 saturated carbocycles. The fourth-order valence-electron chi connectivity index (χ4n) is 0.558. The Morgan fingerprint density at radius 2 is 2.07 bits per heavy atom. The number of esters is 1. The van der Waals surface area contributed by atoms with Gasteiger partial charge in [0.15, 0.2) is 0 Å². The van der Waals surface area contributed by atoms with Gasteiger partial charge in [-0.2, -0.15) is 0 Å². The van der Waals surface area contributed by atoms with Crippen molar-refractivity contribution in [3.8, 4) is 0 Å². The van der Waals surface area contributed by atoms with Crippen molar-refractivity contribution in [1.82, 2.24) is 0 Å². The number of hydrogen-bond donors (Lipinski definition) is 2. The number of ether oxygens (including phenoxy) is 2. The molecule has 0 rings (SSSR count). The van der Waals surface area contributed by atoms with Gasteiger partial charge < -0.3 is 20.3 Å². The van der Waals surface area contributed by atoms with E-state index in [1.807, 2.05) is 0 Å². The second-order valence-electron chi connectivity index (χ2n) is 2.47. The van der Waals surface area contributed by atoms with Gasteiger partial charge in [0, 0.05) is 0 Å².